The minimum absolute atomic E-state index is 0.122. The van der Waals surface area contributed by atoms with E-state index in [0.29, 0.717) is 12.0 Å². The number of rotatable bonds is 6. The third-order valence-corrected chi connectivity index (χ3v) is 4.17. The molecular formula is C17H24FNO. The molecule has 110 valence electrons. The van der Waals surface area contributed by atoms with E-state index >= 15 is 0 Å². The minimum Gasteiger partial charge on any atom is -0.303 e. The van der Waals surface area contributed by atoms with Crippen LogP contribution in [0.15, 0.2) is 24.3 Å². The number of unbranched alkanes of at least 4 members (excludes halogenated alkanes) is 1. The first-order chi connectivity index (χ1) is 9.65. The van der Waals surface area contributed by atoms with Crippen LogP contribution in [-0.2, 0) is 0 Å². The summed E-state index contributed by atoms with van der Waals surface area (Å²) in [6.07, 6.45) is 5.16. The SMILES string of the molecule is CC1CCN(CCCCC(=O)c2ccc(F)cc2)CC1. The Morgan fingerprint density at radius 2 is 1.85 bits per heavy atom. The molecule has 20 heavy (non-hydrogen) atoms. The molecule has 2 rings (SSSR count). The Morgan fingerprint density at radius 1 is 1.20 bits per heavy atom. The smallest absolute Gasteiger partial charge is 0.162 e. The van der Waals surface area contributed by atoms with Crippen LogP contribution in [0.2, 0.25) is 0 Å². The van der Waals surface area contributed by atoms with E-state index in [1.54, 1.807) is 12.1 Å². The fourth-order valence-corrected chi connectivity index (χ4v) is 2.69. The Balaban J connectivity index is 1.63. The van der Waals surface area contributed by atoms with Crippen LogP contribution in [0, 0.1) is 11.7 Å². The average Bonchev–Trinajstić information content (AvgIpc) is 2.46. The second kappa shape index (κ2) is 7.53. The third kappa shape index (κ3) is 4.71. The van der Waals surface area contributed by atoms with Crippen LogP contribution in [0.5, 0.6) is 0 Å². The fourth-order valence-electron chi connectivity index (χ4n) is 2.69. The molecule has 1 aliphatic rings. The lowest BCUT2D eigenvalue weighted by atomic mass is 9.99. The number of ketones is 1. The number of Topliss-reactive ketones (excluding diaryl/α,β-unsaturated/α-hetero) is 1. The van der Waals surface area contributed by atoms with Gasteiger partial charge in [-0.05, 0) is 75.5 Å². The number of halogens is 1. The van der Waals surface area contributed by atoms with Crippen molar-refractivity contribution in [2.75, 3.05) is 19.6 Å². The van der Waals surface area contributed by atoms with Gasteiger partial charge in [-0.15, -0.1) is 0 Å². The summed E-state index contributed by atoms with van der Waals surface area (Å²) in [6, 6.07) is 5.84. The van der Waals surface area contributed by atoms with Gasteiger partial charge in [0.15, 0.2) is 5.78 Å². The Kier molecular flexibility index (Phi) is 5.72. The third-order valence-electron chi connectivity index (χ3n) is 4.17. The largest absolute Gasteiger partial charge is 0.303 e. The molecule has 1 fully saturated rings. The molecule has 1 aromatic carbocycles. The van der Waals surface area contributed by atoms with Crippen molar-refractivity contribution in [1.82, 2.24) is 4.90 Å². The molecule has 0 bridgehead atoms. The molecule has 0 unspecified atom stereocenters. The number of hydrogen-bond acceptors (Lipinski definition) is 2. The molecule has 0 spiro atoms. The summed E-state index contributed by atoms with van der Waals surface area (Å²) in [5, 5.41) is 0. The lowest BCUT2D eigenvalue weighted by Gasteiger charge is -2.30. The monoisotopic (exact) mass is 277 g/mol. The maximum atomic E-state index is 12.8. The van der Waals surface area contributed by atoms with E-state index in [1.807, 2.05) is 0 Å². The second-order valence-electron chi connectivity index (χ2n) is 5.91. The summed E-state index contributed by atoms with van der Waals surface area (Å²) in [6.45, 7) is 5.82. The average molecular weight is 277 g/mol. The number of hydrogen-bond donors (Lipinski definition) is 0. The van der Waals surface area contributed by atoms with Gasteiger partial charge in [0.25, 0.3) is 0 Å². The highest BCUT2D eigenvalue weighted by atomic mass is 19.1. The fraction of sp³-hybridized carbons (Fsp3) is 0.588. The van der Waals surface area contributed by atoms with E-state index in [0.717, 1.165) is 25.3 Å². The lowest BCUT2D eigenvalue weighted by molar-refractivity contribution is 0.0977. The van der Waals surface area contributed by atoms with Gasteiger partial charge >= 0.3 is 0 Å². The number of likely N-dealkylation sites (tertiary alicyclic amines) is 1. The van der Waals surface area contributed by atoms with Crippen molar-refractivity contribution < 1.29 is 9.18 Å². The standard InChI is InChI=1S/C17H24FNO/c1-14-9-12-19(13-10-14)11-3-2-4-17(20)15-5-7-16(18)8-6-15/h5-8,14H,2-4,9-13H2,1H3. The Morgan fingerprint density at radius 3 is 2.50 bits per heavy atom. The molecule has 0 amide bonds. The van der Waals surface area contributed by atoms with E-state index in [2.05, 4.69) is 11.8 Å². The van der Waals surface area contributed by atoms with Crippen molar-refractivity contribution in [3.05, 3.63) is 35.6 Å². The van der Waals surface area contributed by atoms with Crippen molar-refractivity contribution in [3.8, 4) is 0 Å². The number of piperidine rings is 1. The zero-order valence-electron chi connectivity index (χ0n) is 12.3. The summed E-state index contributed by atoms with van der Waals surface area (Å²) >= 11 is 0. The Bertz CT molecular complexity index is 421. The number of carbonyl (C=O) groups excluding carboxylic acids is 1. The number of carbonyl (C=O) groups is 1. The van der Waals surface area contributed by atoms with Gasteiger partial charge in [-0.3, -0.25) is 4.79 Å². The van der Waals surface area contributed by atoms with Crippen LogP contribution in [0.1, 0.15) is 49.4 Å². The van der Waals surface area contributed by atoms with Crippen molar-refractivity contribution in [2.24, 2.45) is 5.92 Å². The van der Waals surface area contributed by atoms with Crippen molar-refractivity contribution >= 4 is 5.78 Å². The highest BCUT2D eigenvalue weighted by molar-refractivity contribution is 5.95. The topological polar surface area (TPSA) is 20.3 Å². The highest BCUT2D eigenvalue weighted by Gasteiger charge is 2.15. The van der Waals surface area contributed by atoms with Gasteiger partial charge in [-0.25, -0.2) is 4.39 Å². The summed E-state index contributed by atoms with van der Waals surface area (Å²) in [7, 11) is 0. The molecule has 1 saturated heterocycles. The van der Waals surface area contributed by atoms with Crippen molar-refractivity contribution in [2.45, 2.75) is 39.0 Å². The maximum Gasteiger partial charge on any atom is 0.162 e. The van der Waals surface area contributed by atoms with Crippen molar-refractivity contribution in [3.63, 3.8) is 0 Å². The molecular weight excluding hydrogens is 253 g/mol. The van der Waals surface area contributed by atoms with Crippen LogP contribution in [-0.4, -0.2) is 30.3 Å². The molecule has 3 heteroatoms. The molecule has 1 aromatic rings. The Hall–Kier alpha value is -1.22. The summed E-state index contributed by atoms with van der Waals surface area (Å²) in [4.78, 5) is 14.4. The van der Waals surface area contributed by atoms with Crippen LogP contribution in [0.25, 0.3) is 0 Å². The molecule has 0 atom stereocenters. The van der Waals surface area contributed by atoms with Gasteiger partial charge in [0, 0.05) is 12.0 Å². The van der Waals surface area contributed by atoms with E-state index in [9.17, 15) is 9.18 Å². The van der Waals surface area contributed by atoms with Gasteiger partial charge in [0.2, 0.25) is 0 Å². The van der Waals surface area contributed by atoms with E-state index < -0.39 is 0 Å². The first-order valence-electron chi connectivity index (χ1n) is 7.66. The van der Waals surface area contributed by atoms with Gasteiger partial charge < -0.3 is 4.90 Å². The van der Waals surface area contributed by atoms with Crippen LogP contribution < -0.4 is 0 Å². The van der Waals surface area contributed by atoms with Crippen LogP contribution >= 0.6 is 0 Å². The molecule has 0 N–H and O–H groups in total. The molecule has 0 radical (unpaired) electrons. The van der Waals surface area contributed by atoms with E-state index in [4.69, 9.17) is 0 Å². The minimum atomic E-state index is -0.291. The first kappa shape index (κ1) is 15.2. The number of benzene rings is 1. The van der Waals surface area contributed by atoms with Crippen LogP contribution in [0.4, 0.5) is 4.39 Å². The summed E-state index contributed by atoms with van der Waals surface area (Å²) < 4.78 is 12.8. The molecule has 1 heterocycles. The quantitative estimate of drug-likeness (QED) is 0.580. The predicted molar refractivity (Wildman–Crippen MR) is 79.4 cm³/mol. The Labute approximate surface area is 121 Å². The van der Waals surface area contributed by atoms with Gasteiger partial charge in [0.05, 0.1) is 0 Å². The van der Waals surface area contributed by atoms with Gasteiger partial charge in [-0.1, -0.05) is 6.92 Å². The zero-order valence-corrected chi connectivity index (χ0v) is 12.3. The maximum absolute atomic E-state index is 12.8. The summed E-state index contributed by atoms with van der Waals surface area (Å²) in [5.41, 5.74) is 0.623. The van der Waals surface area contributed by atoms with Gasteiger partial charge in [-0.2, -0.15) is 0 Å². The summed E-state index contributed by atoms with van der Waals surface area (Å²) in [5.74, 6) is 0.699. The molecule has 0 aromatic heterocycles. The first-order valence-corrected chi connectivity index (χ1v) is 7.66. The molecule has 1 aliphatic heterocycles. The van der Waals surface area contributed by atoms with Gasteiger partial charge in [0.1, 0.15) is 5.82 Å². The molecule has 2 nitrogen and oxygen atoms in total. The predicted octanol–water partition coefficient (Wildman–Crippen LogP) is 3.91. The lowest BCUT2D eigenvalue weighted by Crippen LogP contribution is -2.33. The second-order valence-corrected chi connectivity index (χ2v) is 5.91. The highest BCUT2D eigenvalue weighted by Crippen LogP contribution is 2.16. The molecule has 0 saturated carbocycles. The normalized spacial score (nSPS) is 17.3. The van der Waals surface area contributed by atoms with Crippen molar-refractivity contribution in [1.29, 1.82) is 0 Å². The zero-order chi connectivity index (χ0) is 14.4. The van der Waals surface area contributed by atoms with E-state index in [-0.39, 0.29) is 11.6 Å². The number of nitrogens with zero attached hydrogens (tertiary/aromatic N) is 1. The van der Waals surface area contributed by atoms with Crippen LogP contribution in [0.3, 0.4) is 0 Å². The molecule has 0 aliphatic carbocycles. The van der Waals surface area contributed by atoms with E-state index in [1.165, 1.54) is 38.1 Å².